The van der Waals surface area contributed by atoms with Crippen LogP contribution in [0.25, 0.3) is 17.0 Å². The van der Waals surface area contributed by atoms with Gasteiger partial charge in [-0.1, -0.05) is 24.0 Å². The van der Waals surface area contributed by atoms with Crippen LogP contribution in [0, 0.1) is 11.8 Å². The molecule has 0 aliphatic carbocycles. The first-order valence-corrected chi connectivity index (χ1v) is 9.07. The Morgan fingerprint density at radius 1 is 1.21 bits per heavy atom. The van der Waals surface area contributed by atoms with E-state index in [1.54, 1.807) is 36.7 Å². The number of rotatable bonds is 2. The maximum Gasteiger partial charge on any atom is 0.290 e. The Bertz CT molecular complexity index is 1240. The number of pyridine rings is 1. The fourth-order valence-electron chi connectivity index (χ4n) is 2.65. The standard InChI is InChI=1S/C21H12N2O4S/c1-12(24)14-4-2-3-13(7-14)5-6-15-10-22-11-16-8-17(27-19(15)16)9-18-20(25)23-21(26)28-18/h2-4,7-11H,1H3,(H,23,25,26). The number of benzene rings is 1. The van der Waals surface area contributed by atoms with Crippen molar-refractivity contribution in [1.82, 2.24) is 10.3 Å². The second-order valence-corrected chi connectivity index (χ2v) is 7.01. The van der Waals surface area contributed by atoms with Crippen molar-refractivity contribution < 1.29 is 18.8 Å². The number of fused-ring (bicyclic) bond motifs is 1. The molecule has 0 spiro atoms. The monoisotopic (exact) mass is 388 g/mol. The Hall–Kier alpha value is -3.63. The number of aromatic nitrogens is 1. The molecule has 2 amide bonds. The highest BCUT2D eigenvalue weighted by atomic mass is 32.2. The van der Waals surface area contributed by atoms with Crippen LogP contribution in [0.4, 0.5) is 4.79 Å². The maximum absolute atomic E-state index is 11.7. The average Bonchev–Trinajstić information content (AvgIpc) is 3.22. The summed E-state index contributed by atoms with van der Waals surface area (Å²) >= 11 is 0.824. The molecular formula is C21H12N2O4S. The summed E-state index contributed by atoms with van der Waals surface area (Å²) in [6, 6.07) is 8.80. The topological polar surface area (TPSA) is 89.3 Å². The number of hydrogen-bond donors (Lipinski definition) is 1. The highest BCUT2D eigenvalue weighted by Crippen LogP contribution is 2.28. The second-order valence-electron chi connectivity index (χ2n) is 5.99. The van der Waals surface area contributed by atoms with E-state index in [4.69, 9.17) is 4.42 Å². The molecule has 3 heterocycles. The van der Waals surface area contributed by atoms with Gasteiger partial charge < -0.3 is 4.42 Å². The Kier molecular flexibility index (Phi) is 4.55. The Morgan fingerprint density at radius 3 is 2.82 bits per heavy atom. The highest BCUT2D eigenvalue weighted by Gasteiger charge is 2.25. The summed E-state index contributed by atoms with van der Waals surface area (Å²) in [4.78, 5) is 38.9. The minimum atomic E-state index is -0.445. The first-order chi connectivity index (χ1) is 13.5. The van der Waals surface area contributed by atoms with Gasteiger partial charge in [0.1, 0.15) is 5.76 Å². The molecule has 28 heavy (non-hydrogen) atoms. The van der Waals surface area contributed by atoms with Crippen LogP contribution in [0.5, 0.6) is 0 Å². The lowest BCUT2D eigenvalue weighted by molar-refractivity contribution is -0.115. The quantitative estimate of drug-likeness (QED) is 0.409. The molecule has 0 atom stereocenters. The molecule has 0 radical (unpaired) electrons. The van der Waals surface area contributed by atoms with Gasteiger partial charge in [0.05, 0.1) is 10.5 Å². The van der Waals surface area contributed by atoms with Crippen molar-refractivity contribution >= 4 is 45.7 Å². The lowest BCUT2D eigenvalue weighted by Gasteiger charge is -1.96. The molecule has 6 nitrogen and oxygen atoms in total. The predicted octanol–water partition coefficient (Wildman–Crippen LogP) is 3.75. The number of nitrogens with zero attached hydrogens (tertiary/aromatic N) is 1. The number of carbonyl (C=O) groups is 3. The van der Waals surface area contributed by atoms with Gasteiger partial charge in [0, 0.05) is 35.0 Å². The van der Waals surface area contributed by atoms with Gasteiger partial charge in [0.2, 0.25) is 0 Å². The molecule has 0 saturated carbocycles. The summed E-state index contributed by atoms with van der Waals surface area (Å²) in [6.07, 6.45) is 4.74. The number of nitrogens with one attached hydrogen (secondary N) is 1. The molecule has 1 fully saturated rings. The molecule has 0 unspecified atom stereocenters. The second kappa shape index (κ2) is 7.18. The minimum absolute atomic E-state index is 0.0246. The van der Waals surface area contributed by atoms with Crippen LogP contribution < -0.4 is 5.32 Å². The van der Waals surface area contributed by atoms with Crippen molar-refractivity contribution in [3.8, 4) is 11.8 Å². The molecule has 7 heteroatoms. The van der Waals surface area contributed by atoms with Gasteiger partial charge >= 0.3 is 0 Å². The molecule has 0 bridgehead atoms. The number of thioether (sulfide) groups is 1. The van der Waals surface area contributed by atoms with Crippen LogP contribution in [0.3, 0.4) is 0 Å². The minimum Gasteiger partial charge on any atom is -0.455 e. The van der Waals surface area contributed by atoms with Crippen LogP contribution >= 0.6 is 11.8 Å². The summed E-state index contributed by atoms with van der Waals surface area (Å²) in [5.74, 6) is 5.99. The van der Waals surface area contributed by atoms with Crippen molar-refractivity contribution in [2.75, 3.05) is 0 Å². The summed E-state index contributed by atoms with van der Waals surface area (Å²) in [5, 5.41) is 2.52. The number of ketones is 1. The third-order valence-electron chi connectivity index (χ3n) is 3.97. The van der Waals surface area contributed by atoms with Gasteiger partial charge in [-0.3, -0.25) is 24.7 Å². The highest BCUT2D eigenvalue weighted by molar-refractivity contribution is 8.18. The zero-order chi connectivity index (χ0) is 19.7. The van der Waals surface area contributed by atoms with Crippen LogP contribution in [0.1, 0.15) is 34.2 Å². The lowest BCUT2D eigenvalue weighted by atomic mass is 10.1. The number of imide groups is 1. The zero-order valence-corrected chi connectivity index (χ0v) is 15.4. The summed E-state index contributed by atoms with van der Waals surface area (Å²) in [5.41, 5.74) is 2.41. The summed E-state index contributed by atoms with van der Waals surface area (Å²) in [6.45, 7) is 1.51. The number of hydrogen-bond acceptors (Lipinski definition) is 6. The molecule has 136 valence electrons. The van der Waals surface area contributed by atoms with Gasteiger partial charge in [0.25, 0.3) is 11.1 Å². The van der Waals surface area contributed by atoms with E-state index >= 15 is 0 Å². The molecule has 1 aliphatic rings. The molecule has 3 aromatic rings. The van der Waals surface area contributed by atoms with E-state index in [9.17, 15) is 14.4 Å². The predicted molar refractivity (Wildman–Crippen MR) is 106 cm³/mol. The number of amides is 2. The van der Waals surface area contributed by atoms with Crippen molar-refractivity contribution in [2.45, 2.75) is 6.92 Å². The molecule has 1 N–H and O–H groups in total. The number of carbonyl (C=O) groups excluding carboxylic acids is 3. The van der Waals surface area contributed by atoms with E-state index in [-0.39, 0.29) is 10.7 Å². The van der Waals surface area contributed by atoms with Crippen molar-refractivity contribution in [1.29, 1.82) is 0 Å². The van der Waals surface area contributed by atoms with Crippen LogP contribution in [0.2, 0.25) is 0 Å². The average molecular weight is 388 g/mol. The first kappa shape index (κ1) is 17.8. The smallest absolute Gasteiger partial charge is 0.290 e. The summed E-state index contributed by atoms with van der Waals surface area (Å²) in [7, 11) is 0. The van der Waals surface area contributed by atoms with Gasteiger partial charge in [0.15, 0.2) is 11.4 Å². The Balaban J connectivity index is 1.70. The lowest BCUT2D eigenvalue weighted by Crippen LogP contribution is -2.17. The Labute approximate surface area is 164 Å². The fourth-order valence-corrected chi connectivity index (χ4v) is 3.31. The largest absolute Gasteiger partial charge is 0.455 e. The van der Waals surface area contributed by atoms with Crippen molar-refractivity contribution in [2.24, 2.45) is 0 Å². The van der Waals surface area contributed by atoms with E-state index < -0.39 is 11.1 Å². The van der Waals surface area contributed by atoms with E-state index in [0.717, 1.165) is 17.1 Å². The SMILES string of the molecule is CC(=O)c1cccc(C#Cc2cncc3cc(C=C4SC(=O)NC4=O)oc23)c1. The molecular weight excluding hydrogens is 376 g/mol. The summed E-state index contributed by atoms with van der Waals surface area (Å²) < 4.78 is 5.82. The van der Waals surface area contributed by atoms with E-state index in [1.165, 1.54) is 13.0 Å². The molecule has 1 saturated heterocycles. The van der Waals surface area contributed by atoms with E-state index in [0.29, 0.717) is 28.0 Å². The first-order valence-electron chi connectivity index (χ1n) is 8.25. The fraction of sp³-hybridized carbons (Fsp3) is 0.0476. The molecule has 1 aromatic carbocycles. The Morgan fingerprint density at radius 2 is 2.07 bits per heavy atom. The van der Waals surface area contributed by atoms with Crippen molar-refractivity contribution in [3.05, 3.63) is 70.1 Å². The van der Waals surface area contributed by atoms with Gasteiger partial charge in [-0.05, 0) is 36.9 Å². The van der Waals surface area contributed by atoms with Gasteiger partial charge in [-0.25, -0.2) is 0 Å². The normalized spacial score (nSPS) is 14.8. The van der Waals surface area contributed by atoms with E-state index in [1.807, 2.05) is 6.07 Å². The molecule has 1 aliphatic heterocycles. The van der Waals surface area contributed by atoms with Crippen LogP contribution in [-0.4, -0.2) is 21.9 Å². The third kappa shape index (κ3) is 3.59. The van der Waals surface area contributed by atoms with Crippen LogP contribution in [-0.2, 0) is 4.79 Å². The van der Waals surface area contributed by atoms with Crippen molar-refractivity contribution in [3.63, 3.8) is 0 Å². The van der Waals surface area contributed by atoms with Crippen LogP contribution in [0.15, 0.2) is 52.0 Å². The van der Waals surface area contributed by atoms with Gasteiger partial charge in [-0.2, -0.15) is 0 Å². The maximum atomic E-state index is 11.7. The third-order valence-corrected chi connectivity index (χ3v) is 4.78. The van der Waals surface area contributed by atoms with Gasteiger partial charge in [-0.15, -0.1) is 0 Å². The number of Topliss-reactive ketones (excluding diaryl/α,β-unsaturated/α-hetero) is 1. The zero-order valence-electron chi connectivity index (χ0n) is 14.6. The van der Waals surface area contributed by atoms with E-state index in [2.05, 4.69) is 22.1 Å². The molecule has 2 aromatic heterocycles. The molecule has 4 rings (SSSR count). The number of furan rings is 1.